The lowest BCUT2D eigenvalue weighted by Gasteiger charge is -2.39. The second kappa shape index (κ2) is 6.87. The van der Waals surface area contributed by atoms with Crippen LogP contribution in [0.15, 0.2) is 0 Å². The second-order valence-corrected chi connectivity index (χ2v) is 7.11. The number of aliphatic hydroxyl groups is 1. The van der Waals surface area contributed by atoms with Crippen molar-refractivity contribution in [1.82, 2.24) is 9.80 Å². The molecule has 0 bridgehead atoms. The lowest BCUT2D eigenvalue weighted by atomic mass is 9.97. The maximum atomic E-state index is 12.7. The molecule has 7 heteroatoms. The van der Waals surface area contributed by atoms with Gasteiger partial charge < -0.3 is 15.1 Å². The van der Waals surface area contributed by atoms with Crippen molar-refractivity contribution >= 4 is 23.8 Å². The molecule has 120 valence electrons. The van der Waals surface area contributed by atoms with E-state index in [2.05, 4.69) is 0 Å². The van der Waals surface area contributed by atoms with Crippen LogP contribution in [0, 0.1) is 5.92 Å². The first-order chi connectivity index (χ1) is 9.95. The number of carboxylic acid groups (broad SMARTS) is 1. The van der Waals surface area contributed by atoms with Crippen LogP contribution in [0.2, 0.25) is 0 Å². The molecular formula is C14H24N2O4S. The lowest BCUT2D eigenvalue weighted by Crippen LogP contribution is -2.55. The molecule has 2 aliphatic heterocycles. The molecule has 0 saturated carbocycles. The first-order valence-corrected chi connectivity index (χ1v) is 8.60. The number of aliphatic hydroxyl groups excluding tert-OH is 1. The maximum Gasteiger partial charge on any atom is 0.327 e. The third-order valence-electron chi connectivity index (χ3n) is 4.26. The van der Waals surface area contributed by atoms with Crippen molar-refractivity contribution in [2.45, 2.75) is 50.6 Å². The first kappa shape index (κ1) is 16.4. The normalized spacial score (nSPS) is 33.3. The zero-order valence-corrected chi connectivity index (χ0v) is 13.4. The first-order valence-electron chi connectivity index (χ1n) is 7.55. The third kappa shape index (κ3) is 3.45. The van der Waals surface area contributed by atoms with Gasteiger partial charge in [0.05, 0.1) is 11.5 Å². The van der Waals surface area contributed by atoms with E-state index in [9.17, 15) is 19.8 Å². The number of urea groups is 1. The fourth-order valence-corrected chi connectivity index (χ4v) is 4.46. The van der Waals surface area contributed by atoms with Crippen LogP contribution in [-0.2, 0) is 4.79 Å². The Morgan fingerprint density at radius 2 is 2.10 bits per heavy atom. The molecule has 0 radical (unpaired) electrons. The van der Waals surface area contributed by atoms with Crippen LogP contribution in [-0.4, -0.2) is 68.4 Å². The van der Waals surface area contributed by atoms with Gasteiger partial charge in [-0.1, -0.05) is 20.3 Å². The number of nitrogens with zero attached hydrogens (tertiary/aromatic N) is 2. The number of aliphatic carboxylic acids is 1. The Balaban J connectivity index is 2.11. The minimum absolute atomic E-state index is 0.0332. The molecule has 0 spiro atoms. The Bertz CT molecular complexity index is 406. The Morgan fingerprint density at radius 1 is 1.38 bits per heavy atom. The van der Waals surface area contributed by atoms with Gasteiger partial charge >= 0.3 is 12.0 Å². The molecule has 2 fully saturated rings. The molecule has 0 aromatic rings. The number of thioether (sulfide) groups is 1. The van der Waals surface area contributed by atoms with Crippen molar-refractivity contribution in [2.24, 2.45) is 5.92 Å². The summed E-state index contributed by atoms with van der Waals surface area (Å²) in [5.74, 6) is -0.442. The zero-order chi connectivity index (χ0) is 15.6. The Morgan fingerprint density at radius 3 is 2.67 bits per heavy atom. The van der Waals surface area contributed by atoms with Crippen LogP contribution in [0.25, 0.3) is 0 Å². The van der Waals surface area contributed by atoms with Gasteiger partial charge in [-0.05, 0) is 18.8 Å². The summed E-state index contributed by atoms with van der Waals surface area (Å²) in [6, 6.07) is -0.925. The minimum atomic E-state index is -0.931. The largest absolute Gasteiger partial charge is 0.480 e. The Labute approximate surface area is 129 Å². The molecule has 2 saturated heterocycles. The number of carbonyl (C=O) groups is 2. The van der Waals surface area contributed by atoms with E-state index >= 15 is 0 Å². The van der Waals surface area contributed by atoms with Crippen molar-refractivity contribution in [3.63, 3.8) is 0 Å². The van der Waals surface area contributed by atoms with Crippen LogP contribution < -0.4 is 0 Å². The molecule has 6 nitrogen and oxygen atoms in total. The molecule has 0 aliphatic carbocycles. The minimum Gasteiger partial charge on any atom is -0.480 e. The number of piperidine rings is 1. The van der Waals surface area contributed by atoms with E-state index in [4.69, 9.17) is 0 Å². The number of amides is 2. The molecule has 2 aliphatic rings. The highest BCUT2D eigenvalue weighted by molar-refractivity contribution is 8.00. The van der Waals surface area contributed by atoms with Gasteiger partial charge in [-0.2, -0.15) is 0 Å². The highest BCUT2D eigenvalue weighted by Crippen LogP contribution is 2.34. The third-order valence-corrected chi connectivity index (χ3v) is 5.62. The molecular weight excluding hydrogens is 292 g/mol. The Kier molecular flexibility index (Phi) is 5.37. The standard InChI is InChI=1S/C14H24N2O4S/c1-3-4-12-16(10(8-21-12)13(18)19)14(20)15-6-5-11(17)9(2)7-15/h9-12,17H,3-8H2,1-2H3,(H,18,19). The molecule has 2 N–H and O–H groups in total. The summed E-state index contributed by atoms with van der Waals surface area (Å²) in [7, 11) is 0. The highest BCUT2D eigenvalue weighted by atomic mass is 32.2. The van der Waals surface area contributed by atoms with E-state index in [0.717, 1.165) is 12.8 Å². The molecule has 2 rings (SSSR count). The van der Waals surface area contributed by atoms with Crippen LogP contribution in [0.5, 0.6) is 0 Å². The predicted octanol–water partition coefficient (Wildman–Crippen LogP) is 1.44. The summed E-state index contributed by atoms with van der Waals surface area (Å²) in [6.07, 6.45) is 1.92. The summed E-state index contributed by atoms with van der Waals surface area (Å²) in [5, 5.41) is 19.1. The molecule has 4 atom stereocenters. The van der Waals surface area contributed by atoms with E-state index in [0.29, 0.717) is 25.3 Å². The smallest absolute Gasteiger partial charge is 0.327 e. The summed E-state index contributed by atoms with van der Waals surface area (Å²) < 4.78 is 0. The van der Waals surface area contributed by atoms with Crippen molar-refractivity contribution in [3.8, 4) is 0 Å². The molecule has 2 amide bonds. The number of carboxylic acids is 1. The van der Waals surface area contributed by atoms with Gasteiger partial charge in [0.25, 0.3) is 0 Å². The van der Waals surface area contributed by atoms with Crippen molar-refractivity contribution in [1.29, 1.82) is 0 Å². The summed E-state index contributed by atoms with van der Waals surface area (Å²) in [4.78, 5) is 27.4. The number of rotatable bonds is 3. The van der Waals surface area contributed by atoms with Gasteiger partial charge in [-0.15, -0.1) is 11.8 Å². The lowest BCUT2D eigenvalue weighted by molar-refractivity contribution is -0.141. The average molecular weight is 316 g/mol. The van der Waals surface area contributed by atoms with Gasteiger partial charge in [0.2, 0.25) is 0 Å². The number of likely N-dealkylation sites (tertiary alicyclic amines) is 1. The molecule has 0 aromatic carbocycles. The monoisotopic (exact) mass is 316 g/mol. The molecule has 21 heavy (non-hydrogen) atoms. The fourth-order valence-electron chi connectivity index (χ4n) is 2.95. The second-order valence-electron chi connectivity index (χ2n) is 5.90. The maximum absolute atomic E-state index is 12.7. The van der Waals surface area contributed by atoms with Gasteiger partial charge in [0.15, 0.2) is 0 Å². The van der Waals surface area contributed by atoms with Crippen LogP contribution in [0.4, 0.5) is 4.79 Å². The van der Waals surface area contributed by atoms with E-state index in [1.165, 1.54) is 0 Å². The van der Waals surface area contributed by atoms with Gasteiger partial charge in [-0.3, -0.25) is 4.90 Å². The molecule has 4 unspecified atom stereocenters. The quantitative estimate of drug-likeness (QED) is 0.823. The van der Waals surface area contributed by atoms with E-state index in [1.807, 2.05) is 13.8 Å². The van der Waals surface area contributed by atoms with Gasteiger partial charge in [-0.25, -0.2) is 9.59 Å². The number of hydrogen-bond acceptors (Lipinski definition) is 4. The fraction of sp³-hybridized carbons (Fsp3) is 0.857. The Hall–Kier alpha value is -0.950. The summed E-state index contributed by atoms with van der Waals surface area (Å²) >= 11 is 1.55. The number of hydrogen-bond donors (Lipinski definition) is 2. The van der Waals surface area contributed by atoms with Crippen LogP contribution in [0.1, 0.15) is 33.1 Å². The van der Waals surface area contributed by atoms with E-state index < -0.39 is 12.0 Å². The molecule has 0 aromatic heterocycles. The SMILES string of the molecule is CCCC1SCC(C(=O)O)N1C(=O)N1CCC(O)C(C)C1. The molecule has 2 heterocycles. The number of carbonyl (C=O) groups excluding carboxylic acids is 1. The van der Waals surface area contributed by atoms with Gasteiger partial charge in [0.1, 0.15) is 6.04 Å². The van der Waals surface area contributed by atoms with Crippen molar-refractivity contribution in [2.75, 3.05) is 18.8 Å². The van der Waals surface area contributed by atoms with Crippen molar-refractivity contribution in [3.05, 3.63) is 0 Å². The highest BCUT2D eigenvalue weighted by Gasteiger charge is 2.43. The predicted molar refractivity (Wildman–Crippen MR) is 81.2 cm³/mol. The van der Waals surface area contributed by atoms with Crippen LogP contribution >= 0.6 is 11.8 Å². The summed E-state index contributed by atoms with van der Waals surface area (Å²) in [5.41, 5.74) is 0. The zero-order valence-electron chi connectivity index (χ0n) is 12.6. The van der Waals surface area contributed by atoms with Crippen molar-refractivity contribution < 1.29 is 19.8 Å². The average Bonchev–Trinajstić information content (AvgIpc) is 2.85. The van der Waals surface area contributed by atoms with E-state index in [-0.39, 0.29) is 23.4 Å². The summed E-state index contributed by atoms with van der Waals surface area (Å²) in [6.45, 7) is 4.95. The van der Waals surface area contributed by atoms with Crippen LogP contribution in [0.3, 0.4) is 0 Å². The van der Waals surface area contributed by atoms with E-state index in [1.54, 1.807) is 21.6 Å². The van der Waals surface area contributed by atoms with Gasteiger partial charge in [0, 0.05) is 18.8 Å². The topological polar surface area (TPSA) is 81.1 Å².